The van der Waals surface area contributed by atoms with E-state index in [9.17, 15) is 14.0 Å². The summed E-state index contributed by atoms with van der Waals surface area (Å²) in [6.07, 6.45) is 0. The van der Waals surface area contributed by atoms with Crippen molar-refractivity contribution in [2.75, 3.05) is 13.2 Å². The van der Waals surface area contributed by atoms with Gasteiger partial charge in [-0.15, -0.1) is 0 Å². The van der Waals surface area contributed by atoms with Crippen LogP contribution < -0.4 is 0 Å². The maximum atomic E-state index is 14.9. The zero-order valence-corrected chi connectivity index (χ0v) is 11.4. The lowest BCUT2D eigenvalue weighted by Gasteiger charge is -2.21. The van der Waals surface area contributed by atoms with Crippen molar-refractivity contribution in [1.82, 2.24) is 0 Å². The van der Waals surface area contributed by atoms with Crippen LogP contribution in [0.25, 0.3) is 0 Å². The van der Waals surface area contributed by atoms with Crippen LogP contribution >= 0.6 is 0 Å². The van der Waals surface area contributed by atoms with E-state index < -0.39 is 17.6 Å². The average molecular weight is 284 g/mol. The highest BCUT2D eigenvalue weighted by Gasteiger charge is 2.51. The molecular weight excluding hydrogens is 267 g/mol. The minimum Gasteiger partial charge on any atom is -0.463 e. The smallest absolute Gasteiger partial charge is 0.360 e. The highest BCUT2D eigenvalue weighted by atomic mass is 19.1. The molecule has 20 heavy (non-hydrogen) atoms. The van der Waals surface area contributed by atoms with Crippen molar-refractivity contribution in [3.63, 3.8) is 0 Å². The van der Waals surface area contributed by atoms with Gasteiger partial charge in [-0.2, -0.15) is 0 Å². The molecule has 1 aromatic carbocycles. The van der Waals surface area contributed by atoms with E-state index in [0.29, 0.717) is 5.56 Å². The largest absolute Gasteiger partial charge is 0.463 e. The maximum absolute atomic E-state index is 14.9. The van der Waals surface area contributed by atoms with Gasteiger partial charge in [0.2, 0.25) is 0 Å². The first kappa shape index (κ1) is 16.1. The number of esters is 2. The Balaban J connectivity index is 3.20. The third-order valence-electron chi connectivity index (χ3n) is 2.65. The van der Waals surface area contributed by atoms with Crippen molar-refractivity contribution >= 4 is 11.9 Å². The van der Waals surface area contributed by atoms with E-state index in [-0.39, 0.29) is 25.4 Å². The summed E-state index contributed by atoms with van der Waals surface area (Å²) in [5.41, 5.74) is -2.66. The van der Waals surface area contributed by atoms with Crippen LogP contribution in [0.3, 0.4) is 0 Å². The summed E-state index contributed by atoms with van der Waals surface area (Å²) in [6, 6.07) is 5.34. The normalized spacial score (nSPS) is 11.0. The van der Waals surface area contributed by atoms with Crippen LogP contribution in [0.2, 0.25) is 0 Å². The molecule has 0 heterocycles. The zero-order chi connectivity index (χ0) is 15.2. The van der Waals surface area contributed by atoms with Gasteiger partial charge in [-0.25, -0.2) is 14.0 Å². The molecule has 6 heteroatoms. The van der Waals surface area contributed by atoms with E-state index in [4.69, 9.17) is 5.11 Å². The van der Waals surface area contributed by atoms with Crippen LogP contribution in [0.5, 0.6) is 0 Å². The molecule has 0 fully saturated rings. The van der Waals surface area contributed by atoms with Crippen LogP contribution in [0, 0.1) is 0 Å². The number of hydrogen-bond donors (Lipinski definition) is 1. The topological polar surface area (TPSA) is 72.8 Å². The molecule has 1 rings (SSSR count). The van der Waals surface area contributed by atoms with E-state index in [1.807, 2.05) is 0 Å². The van der Waals surface area contributed by atoms with Gasteiger partial charge in [0.05, 0.1) is 19.8 Å². The summed E-state index contributed by atoms with van der Waals surface area (Å²) in [5.74, 6) is -2.62. The summed E-state index contributed by atoms with van der Waals surface area (Å²) in [5, 5.41) is 8.94. The molecule has 0 aromatic heterocycles. The molecule has 1 N–H and O–H groups in total. The van der Waals surface area contributed by atoms with Crippen molar-refractivity contribution in [3.8, 4) is 0 Å². The van der Waals surface area contributed by atoms with Crippen molar-refractivity contribution in [1.29, 1.82) is 0 Å². The molecule has 0 amide bonds. The number of alkyl halides is 1. The number of halogens is 1. The fraction of sp³-hybridized carbons (Fsp3) is 0.429. The third-order valence-corrected chi connectivity index (χ3v) is 2.65. The highest BCUT2D eigenvalue weighted by molar-refractivity contribution is 6.04. The molecule has 110 valence electrons. The van der Waals surface area contributed by atoms with Gasteiger partial charge in [-0.05, 0) is 19.4 Å². The average Bonchev–Trinajstić information content (AvgIpc) is 2.47. The Morgan fingerprint density at radius 2 is 1.55 bits per heavy atom. The van der Waals surface area contributed by atoms with Gasteiger partial charge in [-0.3, -0.25) is 0 Å². The van der Waals surface area contributed by atoms with E-state index in [0.717, 1.165) is 0 Å². The third kappa shape index (κ3) is 3.14. The van der Waals surface area contributed by atoms with Crippen LogP contribution in [-0.2, 0) is 31.3 Å². The van der Waals surface area contributed by atoms with Crippen LogP contribution in [0.15, 0.2) is 24.3 Å². The van der Waals surface area contributed by atoms with Gasteiger partial charge in [0.15, 0.2) is 0 Å². The fourth-order valence-electron chi connectivity index (χ4n) is 1.62. The second-order valence-corrected chi connectivity index (χ2v) is 3.95. The Morgan fingerprint density at radius 3 is 1.90 bits per heavy atom. The summed E-state index contributed by atoms with van der Waals surface area (Å²) in [7, 11) is 0. The Bertz CT molecular complexity index is 451. The van der Waals surface area contributed by atoms with Gasteiger partial charge in [-0.1, -0.05) is 24.3 Å². The molecule has 0 saturated heterocycles. The second-order valence-electron chi connectivity index (χ2n) is 3.95. The molecule has 0 aliphatic heterocycles. The van der Waals surface area contributed by atoms with Crippen LogP contribution in [0.1, 0.15) is 25.0 Å². The summed E-state index contributed by atoms with van der Waals surface area (Å²) in [4.78, 5) is 23.6. The molecule has 0 radical (unpaired) electrons. The lowest BCUT2D eigenvalue weighted by atomic mass is 9.95. The van der Waals surface area contributed by atoms with Gasteiger partial charge in [0, 0.05) is 5.56 Å². The first-order chi connectivity index (χ1) is 9.50. The van der Waals surface area contributed by atoms with Gasteiger partial charge in [0.1, 0.15) is 0 Å². The lowest BCUT2D eigenvalue weighted by molar-refractivity contribution is -0.175. The van der Waals surface area contributed by atoms with Crippen molar-refractivity contribution in [3.05, 3.63) is 35.4 Å². The second kappa shape index (κ2) is 7.00. The summed E-state index contributed by atoms with van der Waals surface area (Å²) in [6.45, 7) is 2.69. The van der Waals surface area contributed by atoms with E-state index in [1.54, 1.807) is 0 Å². The molecule has 0 aliphatic carbocycles. The number of aliphatic hydroxyl groups excluding tert-OH is 1. The number of aliphatic hydroxyl groups is 1. The minimum absolute atomic E-state index is 0.0569. The first-order valence-electron chi connectivity index (χ1n) is 6.24. The van der Waals surface area contributed by atoms with Crippen molar-refractivity contribution < 1.29 is 28.6 Å². The van der Waals surface area contributed by atoms with E-state index in [1.165, 1.54) is 38.1 Å². The molecule has 5 nitrogen and oxygen atoms in total. The van der Waals surface area contributed by atoms with Crippen molar-refractivity contribution in [2.24, 2.45) is 0 Å². The number of rotatable bonds is 6. The fourth-order valence-corrected chi connectivity index (χ4v) is 1.62. The lowest BCUT2D eigenvalue weighted by Crippen LogP contribution is -2.42. The molecule has 0 spiro atoms. The SMILES string of the molecule is CCOC(=O)C(F)(C(=O)OCC)c1ccc(CO)cc1. The van der Waals surface area contributed by atoms with E-state index >= 15 is 0 Å². The molecule has 0 bridgehead atoms. The summed E-state index contributed by atoms with van der Waals surface area (Å²) >= 11 is 0. The van der Waals surface area contributed by atoms with Gasteiger partial charge >= 0.3 is 17.6 Å². The quantitative estimate of drug-likeness (QED) is 0.632. The van der Waals surface area contributed by atoms with Crippen LogP contribution in [0.4, 0.5) is 4.39 Å². The Kier molecular flexibility index (Phi) is 5.64. The molecule has 1 aromatic rings. The number of carbonyl (C=O) groups is 2. The number of hydrogen-bond acceptors (Lipinski definition) is 5. The number of carbonyl (C=O) groups excluding carboxylic acids is 2. The monoisotopic (exact) mass is 284 g/mol. The predicted molar refractivity (Wildman–Crippen MR) is 68.4 cm³/mol. The molecule has 0 atom stereocenters. The van der Waals surface area contributed by atoms with Gasteiger partial charge < -0.3 is 14.6 Å². The Morgan fingerprint density at radius 1 is 1.10 bits per heavy atom. The minimum atomic E-state index is -3.00. The molecule has 0 saturated carbocycles. The maximum Gasteiger partial charge on any atom is 0.360 e. The Hall–Kier alpha value is -1.95. The van der Waals surface area contributed by atoms with Crippen molar-refractivity contribution in [2.45, 2.75) is 26.1 Å². The Labute approximate surface area is 116 Å². The van der Waals surface area contributed by atoms with E-state index in [2.05, 4.69) is 9.47 Å². The van der Waals surface area contributed by atoms with Crippen LogP contribution in [-0.4, -0.2) is 30.3 Å². The molecule has 0 aliphatic rings. The molecule has 0 unspecified atom stereocenters. The van der Waals surface area contributed by atoms with Gasteiger partial charge in [0.25, 0.3) is 0 Å². The molecular formula is C14H17FO5. The first-order valence-corrected chi connectivity index (χ1v) is 6.24. The zero-order valence-electron chi connectivity index (χ0n) is 11.4. The number of ether oxygens (including phenoxy) is 2. The summed E-state index contributed by atoms with van der Waals surface area (Å²) < 4.78 is 24.2. The number of benzene rings is 1. The highest BCUT2D eigenvalue weighted by Crippen LogP contribution is 2.30. The predicted octanol–water partition coefficient (Wildman–Crippen LogP) is 1.47. The standard InChI is InChI=1S/C14H17FO5/c1-3-19-12(17)14(15,13(18)20-4-2)11-7-5-10(9-16)6-8-11/h5-8,16H,3-4,9H2,1-2H3.